The highest BCUT2D eigenvalue weighted by molar-refractivity contribution is 4.81. The maximum Gasteiger partial charge on any atom is 0.0110 e. The van der Waals surface area contributed by atoms with E-state index >= 15 is 0 Å². The van der Waals surface area contributed by atoms with E-state index in [0.29, 0.717) is 0 Å². The molecule has 2 atom stereocenters. The topological polar surface area (TPSA) is 18.5 Å². The van der Waals surface area contributed by atoms with E-state index in [2.05, 4.69) is 36.0 Å². The molecule has 1 saturated heterocycles. The first-order valence-electron chi connectivity index (χ1n) is 8.30. The first-order valence-corrected chi connectivity index (χ1v) is 8.30. The SMILES string of the molecule is CC(C)C1CCCC(N(C)CCN2CCNCC2)C1. The second-order valence-corrected chi connectivity index (χ2v) is 6.90. The van der Waals surface area contributed by atoms with Crippen LogP contribution in [0.4, 0.5) is 0 Å². The molecule has 2 aliphatic rings. The predicted octanol–water partition coefficient (Wildman–Crippen LogP) is 2.04. The summed E-state index contributed by atoms with van der Waals surface area (Å²) in [5.74, 6) is 1.82. The molecule has 0 aromatic carbocycles. The van der Waals surface area contributed by atoms with E-state index in [9.17, 15) is 0 Å². The minimum absolute atomic E-state index is 0.837. The molecule has 1 heterocycles. The van der Waals surface area contributed by atoms with Crippen LogP contribution in [-0.4, -0.2) is 62.2 Å². The van der Waals surface area contributed by atoms with Crippen molar-refractivity contribution in [2.24, 2.45) is 11.8 Å². The van der Waals surface area contributed by atoms with Crippen LogP contribution in [-0.2, 0) is 0 Å². The highest BCUT2D eigenvalue weighted by Crippen LogP contribution is 2.31. The molecular formula is C16H33N3. The maximum atomic E-state index is 3.43. The van der Waals surface area contributed by atoms with Crippen LogP contribution in [0.1, 0.15) is 39.5 Å². The monoisotopic (exact) mass is 267 g/mol. The quantitative estimate of drug-likeness (QED) is 0.822. The van der Waals surface area contributed by atoms with E-state index in [4.69, 9.17) is 0 Å². The average Bonchev–Trinajstić information content (AvgIpc) is 2.46. The molecule has 2 unspecified atom stereocenters. The Balaban J connectivity index is 1.71. The summed E-state index contributed by atoms with van der Waals surface area (Å²) in [6.45, 7) is 12.1. The number of nitrogens with one attached hydrogen (secondary N) is 1. The lowest BCUT2D eigenvalue weighted by Gasteiger charge is -2.38. The highest BCUT2D eigenvalue weighted by atomic mass is 15.2. The van der Waals surface area contributed by atoms with Gasteiger partial charge in [0.25, 0.3) is 0 Å². The molecule has 0 spiro atoms. The summed E-state index contributed by atoms with van der Waals surface area (Å²) in [4.78, 5) is 5.24. The van der Waals surface area contributed by atoms with Crippen molar-refractivity contribution in [2.45, 2.75) is 45.6 Å². The number of hydrogen-bond donors (Lipinski definition) is 1. The molecule has 2 rings (SSSR count). The van der Waals surface area contributed by atoms with Crippen molar-refractivity contribution in [3.8, 4) is 0 Å². The van der Waals surface area contributed by atoms with Crippen LogP contribution < -0.4 is 5.32 Å². The van der Waals surface area contributed by atoms with Gasteiger partial charge in [0.15, 0.2) is 0 Å². The highest BCUT2D eigenvalue weighted by Gasteiger charge is 2.26. The molecule has 3 nitrogen and oxygen atoms in total. The van der Waals surface area contributed by atoms with Crippen LogP contribution in [0.3, 0.4) is 0 Å². The van der Waals surface area contributed by atoms with Crippen LogP contribution in [0.25, 0.3) is 0 Å². The van der Waals surface area contributed by atoms with Gasteiger partial charge in [-0.2, -0.15) is 0 Å². The lowest BCUT2D eigenvalue weighted by atomic mass is 9.79. The summed E-state index contributed by atoms with van der Waals surface area (Å²) in [5.41, 5.74) is 0. The molecule has 19 heavy (non-hydrogen) atoms. The third-order valence-electron chi connectivity index (χ3n) is 5.23. The molecule has 0 radical (unpaired) electrons. The molecule has 3 heteroatoms. The van der Waals surface area contributed by atoms with Gasteiger partial charge in [-0.25, -0.2) is 0 Å². The predicted molar refractivity (Wildman–Crippen MR) is 82.5 cm³/mol. The van der Waals surface area contributed by atoms with Gasteiger partial charge < -0.3 is 10.2 Å². The number of likely N-dealkylation sites (N-methyl/N-ethyl adjacent to an activating group) is 1. The van der Waals surface area contributed by atoms with Gasteiger partial charge in [0.05, 0.1) is 0 Å². The zero-order chi connectivity index (χ0) is 13.7. The Bertz CT molecular complexity index is 248. The molecule has 1 N–H and O–H groups in total. The zero-order valence-corrected chi connectivity index (χ0v) is 13.2. The van der Waals surface area contributed by atoms with Gasteiger partial charge in [0.2, 0.25) is 0 Å². The lowest BCUT2D eigenvalue weighted by molar-refractivity contribution is 0.119. The van der Waals surface area contributed by atoms with Crippen molar-refractivity contribution in [3.63, 3.8) is 0 Å². The Labute approximate surface area is 119 Å². The molecule has 0 amide bonds. The number of piperazine rings is 1. The van der Waals surface area contributed by atoms with Crippen molar-refractivity contribution >= 4 is 0 Å². The van der Waals surface area contributed by atoms with Gasteiger partial charge >= 0.3 is 0 Å². The van der Waals surface area contributed by atoms with Crippen molar-refractivity contribution in [2.75, 3.05) is 46.3 Å². The minimum Gasteiger partial charge on any atom is -0.314 e. The van der Waals surface area contributed by atoms with Crippen molar-refractivity contribution in [1.29, 1.82) is 0 Å². The second-order valence-electron chi connectivity index (χ2n) is 6.90. The Morgan fingerprint density at radius 2 is 1.95 bits per heavy atom. The smallest absolute Gasteiger partial charge is 0.0110 e. The molecule has 2 fully saturated rings. The fourth-order valence-corrected chi connectivity index (χ4v) is 3.62. The molecule has 1 aliphatic heterocycles. The number of rotatable bonds is 5. The van der Waals surface area contributed by atoms with Crippen LogP contribution in [0.5, 0.6) is 0 Å². The fraction of sp³-hybridized carbons (Fsp3) is 1.00. The maximum absolute atomic E-state index is 3.43. The van der Waals surface area contributed by atoms with Gasteiger partial charge in [-0.1, -0.05) is 26.7 Å². The Kier molecular flexibility index (Phi) is 6.11. The van der Waals surface area contributed by atoms with Gasteiger partial charge in [-0.05, 0) is 31.7 Å². The second kappa shape index (κ2) is 7.61. The van der Waals surface area contributed by atoms with E-state index in [1.807, 2.05) is 0 Å². The van der Waals surface area contributed by atoms with Crippen molar-refractivity contribution in [1.82, 2.24) is 15.1 Å². The largest absolute Gasteiger partial charge is 0.314 e. The fourth-order valence-electron chi connectivity index (χ4n) is 3.62. The average molecular weight is 267 g/mol. The summed E-state index contributed by atoms with van der Waals surface area (Å²) in [5, 5.41) is 3.43. The summed E-state index contributed by atoms with van der Waals surface area (Å²) >= 11 is 0. The van der Waals surface area contributed by atoms with E-state index in [1.54, 1.807) is 0 Å². The summed E-state index contributed by atoms with van der Waals surface area (Å²) in [6.07, 6.45) is 5.74. The Hall–Kier alpha value is -0.120. The van der Waals surface area contributed by atoms with Crippen molar-refractivity contribution in [3.05, 3.63) is 0 Å². The molecule has 1 aliphatic carbocycles. The van der Waals surface area contributed by atoms with Crippen LogP contribution >= 0.6 is 0 Å². The molecule has 112 valence electrons. The van der Waals surface area contributed by atoms with E-state index < -0.39 is 0 Å². The normalized spacial score (nSPS) is 30.2. The van der Waals surface area contributed by atoms with Crippen LogP contribution in [0.15, 0.2) is 0 Å². The summed E-state index contributed by atoms with van der Waals surface area (Å²) in [6, 6.07) is 0.837. The van der Waals surface area contributed by atoms with E-state index in [-0.39, 0.29) is 0 Å². The van der Waals surface area contributed by atoms with E-state index in [1.165, 1.54) is 65.0 Å². The number of hydrogen-bond acceptors (Lipinski definition) is 3. The molecular weight excluding hydrogens is 234 g/mol. The summed E-state index contributed by atoms with van der Waals surface area (Å²) in [7, 11) is 2.34. The van der Waals surface area contributed by atoms with E-state index in [0.717, 1.165) is 17.9 Å². The third-order valence-corrected chi connectivity index (χ3v) is 5.23. The molecule has 0 aromatic rings. The van der Waals surface area contributed by atoms with Crippen LogP contribution in [0.2, 0.25) is 0 Å². The minimum atomic E-state index is 0.837. The van der Waals surface area contributed by atoms with Gasteiger partial charge in [-0.3, -0.25) is 4.90 Å². The Morgan fingerprint density at radius 1 is 1.21 bits per heavy atom. The van der Waals surface area contributed by atoms with Gasteiger partial charge in [0.1, 0.15) is 0 Å². The Morgan fingerprint density at radius 3 is 2.63 bits per heavy atom. The van der Waals surface area contributed by atoms with Crippen LogP contribution in [0, 0.1) is 11.8 Å². The molecule has 0 aromatic heterocycles. The molecule has 1 saturated carbocycles. The molecule has 0 bridgehead atoms. The first-order chi connectivity index (χ1) is 9.16. The third kappa shape index (κ3) is 4.73. The lowest BCUT2D eigenvalue weighted by Crippen LogP contribution is -2.47. The zero-order valence-electron chi connectivity index (χ0n) is 13.2. The van der Waals surface area contributed by atoms with Gasteiger partial charge in [0, 0.05) is 45.3 Å². The first kappa shape index (κ1) is 15.3. The van der Waals surface area contributed by atoms with Crippen molar-refractivity contribution < 1.29 is 0 Å². The van der Waals surface area contributed by atoms with Gasteiger partial charge in [-0.15, -0.1) is 0 Å². The summed E-state index contributed by atoms with van der Waals surface area (Å²) < 4.78 is 0. The number of nitrogens with zero attached hydrogens (tertiary/aromatic N) is 2. The standard InChI is InChI=1S/C16H33N3/c1-14(2)15-5-4-6-16(13-15)18(3)11-12-19-9-7-17-8-10-19/h14-17H,4-13H2,1-3H3.